The number of rotatable bonds is 4. The average Bonchev–Trinajstić information content (AvgIpc) is 3.14. The molecule has 0 aliphatic heterocycles. The van der Waals surface area contributed by atoms with Gasteiger partial charge in [-0.15, -0.1) is 11.3 Å². The molecule has 24 heavy (non-hydrogen) atoms. The molecule has 0 unspecified atom stereocenters. The molecule has 3 rings (SSSR count). The van der Waals surface area contributed by atoms with Crippen LogP contribution >= 0.6 is 22.7 Å². The number of thiophene rings is 1. The van der Waals surface area contributed by atoms with Gasteiger partial charge in [0.2, 0.25) is 0 Å². The highest BCUT2D eigenvalue weighted by atomic mass is 32.1. The highest BCUT2D eigenvalue weighted by Crippen LogP contribution is 2.22. The second kappa shape index (κ2) is 7.19. The summed E-state index contributed by atoms with van der Waals surface area (Å²) in [5.41, 5.74) is 0.289. The van der Waals surface area contributed by atoms with Crippen LogP contribution in [-0.2, 0) is 11.3 Å². The van der Waals surface area contributed by atoms with Crippen LogP contribution in [0.1, 0.15) is 18.2 Å². The maximum atomic E-state index is 14.1. The predicted octanol–water partition coefficient (Wildman–Crippen LogP) is 4.59. The zero-order valence-electron chi connectivity index (χ0n) is 12.8. The molecule has 1 aromatic carbocycles. The minimum absolute atomic E-state index is 0.289. The normalized spacial score (nSPS) is 12.5. The molecule has 0 fully saturated rings. The van der Waals surface area contributed by atoms with Gasteiger partial charge in [0, 0.05) is 23.6 Å². The van der Waals surface area contributed by atoms with Crippen molar-refractivity contribution >= 4 is 44.9 Å². The number of thiazole rings is 1. The van der Waals surface area contributed by atoms with Crippen molar-refractivity contribution in [2.24, 2.45) is 4.99 Å². The topological polar surface area (TPSA) is 34.4 Å². The zero-order valence-corrected chi connectivity index (χ0v) is 14.5. The molecule has 3 nitrogen and oxygen atoms in total. The van der Waals surface area contributed by atoms with Crippen molar-refractivity contribution in [2.75, 3.05) is 0 Å². The van der Waals surface area contributed by atoms with Crippen LogP contribution in [0.2, 0.25) is 0 Å². The van der Waals surface area contributed by atoms with Crippen LogP contribution in [0.4, 0.5) is 8.78 Å². The molecular formula is C17H14F2N2OS2. The van der Waals surface area contributed by atoms with Crippen LogP contribution in [0.3, 0.4) is 0 Å². The number of fused-ring (bicyclic) bond motifs is 1. The fourth-order valence-electron chi connectivity index (χ4n) is 2.32. The summed E-state index contributed by atoms with van der Waals surface area (Å²) in [4.78, 5) is 17.4. The van der Waals surface area contributed by atoms with Crippen molar-refractivity contribution in [2.45, 2.75) is 19.9 Å². The minimum Gasteiger partial charge on any atom is -0.314 e. The van der Waals surface area contributed by atoms with E-state index >= 15 is 0 Å². The quantitative estimate of drug-likeness (QED) is 0.623. The number of benzene rings is 1. The smallest absolute Gasteiger partial charge is 0.272 e. The van der Waals surface area contributed by atoms with Gasteiger partial charge in [-0.25, -0.2) is 8.78 Å². The second-order valence-electron chi connectivity index (χ2n) is 5.07. The molecule has 0 N–H and O–H groups in total. The fourth-order valence-corrected chi connectivity index (χ4v) is 4.04. The first kappa shape index (κ1) is 16.7. The van der Waals surface area contributed by atoms with E-state index in [9.17, 15) is 13.6 Å². The number of carbonyl (C=O) groups is 1. The number of aryl methyl sites for hydroxylation is 1. The van der Waals surface area contributed by atoms with Crippen molar-refractivity contribution < 1.29 is 13.6 Å². The first-order valence-corrected chi connectivity index (χ1v) is 9.06. The van der Waals surface area contributed by atoms with Crippen molar-refractivity contribution in [3.8, 4) is 0 Å². The maximum Gasteiger partial charge on any atom is 0.272 e. The Kier molecular flexibility index (Phi) is 5.01. The van der Waals surface area contributed by atoms with E-state index in [-0.39, 0.29) is 5.52 Å². The molecule has 124 valence electrons. The van der Waals surface area contributed by atoms with E-state index < -0.39 is 17.5 Å². The monoisotopic (exact) mass is 364 g/mol. The molecule has 0 aliphatic carbocycles. The number of nitrogens with zero attached hydrogens (tertiary/aromatic N) is 2. The van der Waals surface area contributed by atoms with Gasteiger partial charge in [-0.1, -0.05) is 24.3 Å². The fraction of sp³-hybridized carbons (Fsp3) is 0.176. The molecular weight excluding hydrogens is 350 g/mol. The summed E-state index contributed by atoms with van der Waals surface area (Å²) >= 11 is 2.62. The van der Waals surface area contributed by atoms with E-state index in [1.165, 1.54) is 23.5 Å². The van der Waals surface area contributed by atoms with Gasteiger partial charge in [-0.2, -0.15) is 4.99 Å². The summed E-state index contributed by atoms with van der Waals surface area (Å²) in [7, 11) is 0. The molecule has 3 aromatic rings. The number of hydrogen-bond donors (Lipinski definition) is 0. The van der Waals surface area contributed by atoms with E-state index in [0.29, 0.717) is 16.0 Å². The molecule has 2 aromatic heterocycles. The molecule has 0 aliphatic rings. The predicted molar refractivity (Wildman–Crippen MR) is 93.9 cm³/mol. The van der Waals surface area contributed by atoms with Crippen molar-refractivity contribution in [3.05, 3.63) is 57.0 Å². The molecule has 0 atom stereocenters. The number of aromatic nitrogens is 1. The number of hydrogen-bond acceptors (Lipinski definition) is 3. The summed E-state index contributed by atoms with van der Waals surface area (Å²) in [6.45, 7) is 2.45. The Morgan fingerprint density at radius 3 is 2.92 bits per heavy atom. The van der Waals surface area contributed by atoms with Crippen LogP contribution in [0.15, 0.2) is 40.7 Å². The number of carbonyl (C=O) groups excluding carboxylic acids is 1. The van der Waals surface area contributed by atoms with E-state index in [1.807, 2.05) is 24.4 Å². The average molecular weight is 364 g/mol. The highest BCUT2D eigenvalue weighted by molar-refractivity contribution is 7.16. The minimum atomic E-state index is -0.641. The Hall–Kier alpha value is -2.12. The Balaban J connectivity index is 2.05. The van der Waals surface area contributed by atoms with Crippen LogP contribution in [-0.4, -0.2) is 10.5 Å². The van der Waals surface area contributed by atoms with Gasteiger partial charge in [0.15, 0.2) is 10.6 Å². The molecule has 0 radical (unpaired) electrons. The van der Waals surface area contributed by atoms with Crippen molar-refractivity contribution in [1.82, 2.24) is 4.57 Å². The Morgan fingerprint density at radius 2 is 2.21 bits per heavy atom. The lowest BCUT2D eigenvalue weighted by Gasteiger charge is -2.03. The van der Waals surface area contributed by atoms with Crippen LogP contribution in [0.25, 0.3) is 16.3 Å². The molecule has 0 saturated heterocycles. The number of amides is 1. The number of halogens is 2. The molecule has 0 saturated carbocycles. The third kappa shape index (κ3) is 3.52. The van der Waals surface area contributed by atoms with E-state index in [2.05, 4.69) is 4.99 Å². The van der Waals surface area contributed by atoms with Crippen LogP contribution in [0, 0.1) is 11.6 Å². The molecule has 7 heteroatoms. The van der Waals surface area contributed by atoms with Gasteiger partial charge in [0.1, 0.15) is 5.82 Å². The van der Waals surface area contributed by atoms with Gasteiger partial charge in [0.25, 0.3) is 5.91 Å². The van der Waals surface area contributed by atoms with E-state index in [4.69, 9.17) is 0 Å². The second-order valence-corrected chi connectivity index (χ2v) is 7.06. The molecule has 2 heterocycles. The summed E-state index contributed by atoms with van der Waals surface area (Å²) in [5, 5.41) is 1.92. The van der Waals surface area contributed by atoms with E-state index in [1.54, 1.807) is 10.6 Å². The summed E-state index contributed by atoms with van der Waals surface area (Å²) in [5.74, 6) is -1.71. The van der Waals surface area contributed by atoms with Crippen molar-refractivity contribution in [3.63, 3.8) is 0 Å². The molecule has 1 amide bonds. The Labute approximate surface area is 145 Å². The summed E-state index contributed by atoms with van der Waals surface area (Å²) < 4.78 is 29.6. The van der Waals surface area contributed by atoms with Gasteiger partial charge in [-0.3, -0.25) is 4.79 Å². The zero-order chi connectivity index (χ0) is 17.1. The Morgan fingerprint density at radius 1 is 1.38 bits per heavy atom. The standard InChI is InChI=1S/C17H14F2N2OS2/c1-2-7-21-16-13(19)9-11(18)10-14(16)24-17(21)20-15(22)6-5-12-4-3-8-23-12/h3-6,8-10H,2,7H2,1H3. The van der Waals surface area contributed by atoms with Crippen molar-refractivity contribution in [1.29, 1.82) is 0 Å². The van der Waals surface area contributed by atoms with Gasteiger partial charge in [0.05, 0.1) is 10.2 Å². The summed E-state index contributed by atoms with van der Waals surface area (Å²) in [6.07, 6.45) is 3.81. The van der Waals surface area contributed by atoms with Crippen LogP contribution < -0.4 is 4.80 Å². The largest absolute Gasteiger partial charge is 0.314 e. The highest BCUT2D eigenvalue weighted by Gasteiger charge is 2.13. The third-order valence-corrected chi connectivity index (χ3v) is 5.14. The molecule has 0 spiro atoms. The van der Waals surface area contributed by atoms with Crippen LogP contribution in [0.5, 0.6) is 0 Å². The maximum absolute atomic E-state index is 14.1. The lowest BCUT2D eigenvalue weighted by molar-refractivity contribution is -0.113. The Bertz CT molecular complexity index is 969. The summed E-state index contributed by atoms with van der Waals surface area (Å²) in [6, 6.07) is 5.90. The first-order valence-electron chi connectivity index (χ1n) is 7.37. The SMILES string of the molecule is CCCn1c(=NC(=O)C=Cc2cccs2)sc2cc(F)cc(F)c21. The molecule has 0 bridgehead atoms. The lowest BCUT2D eigenvalue weighted by Crippen LogP contribution is -2.16. The first-order chi connectivity index (χ1) is 11.6. The van der Waals surface area contributed by atoms with Gasteiger partial charge < -0.3 is 4.57 Å². The van der Waals surface area contributed by atoms with Gasteiger partial charge >= 0.3 is 0 Å². The van der Waals surface area contributed by atoms with E-state index in [0.717, 1.165) is 28.7 Å². The van der Waals surface area contributed by atoms with Gasteiger partial charge in [-0.05, 0) is 30.0 Å². The third-order valence-electron chi connectivity index (χ3n) is 3.28. The lowest BCUT2D eigenvalue weighted by atomic mass is 10.3.